The first-order chi connectivity index (χ1) is 12.1. The Morgan fingerprint density at radius 2 is 1.76 bits per heavy atom. The van der Waals surface area contributed by atoms with Crippen molar-refractivity contribution in [2.45, 2.75) is 0 Å². The maximum atomic E-state index is 13.0. The van der Waals surface area contributed by atoms with E-state index in [0.717, 1.165) is 0 Å². The number of carbonyl (C=O) groups excluding carboxylic acids is 1. The predicted molar refractivity (Wildman–Crippen MR) is 94.7 cm³/mol. The zero-order chi connectivity index (χ0) is 17.6. The monoisotopic (exact) mass is 357 g/mol. The van der Waals surface area contributed by atoms with Crippen LogP contribution in [-0.4, -0.2) is 11.6 Å². The highest BCUT2D eigenvalue weighted by Gasteiger charge is 2.17. The van der Waals surface area contributed by atoms with Crippen LogP contribution in [0.1, 0.15) is 10.6 Å². The van der Waals surface area contributed by atoms with Crippen LogP contribution in [0, 0.1) is 5.82 Å². The minimum absolute atomic E-state index is 0.00323. The smallest absolute Gasteiger partial charge is 0.264 e. The average Bonchev–Trinajstić information content (AvgIpc) is 3.16. The predicted octanol–water partition coefficient (Wildman–Crippen LogP) is 4.60. The summed E-state index contributed by atoms with van der Waals surface area (Å²) in [5.74, 6) is -0.705. The molecule has 3 rings (SSSR count). The van der Waals surface area contributed by atoms with Crippen molar-refractivity contribution in [3.05, 3.63) is 83.5 Å². The van der Waals surface area contributed by atoms with Crippen LogP contribution in [0.2, 0.25) is 5.02 Å². The number of rotatable bonds is 5. The molecule has 1 aromatic heterocycles. The molecule has 2 N–H and O–H groups in total. The van der Waals surface area contributed by atoms with Crippen molar-refractivity contribution in [2.24, 2.45) is 4.99 Å². The van der Waals surface area contributed by atoms with Crippen LogP contribution < -0.4 is 10.9 Å². The second kappa shape index (κ2) is 7.63. The van der Waals surface area contributed by atoms with Gasteiger partial charge >= 0.3 is 0 Å². The van der Waals surface area contributed by atoms with Gasteiger partial charge in [-0.25, -0.2) is 9.38 Å². The van der Waals surface area contributed by atoms with Gasteiger partial charge in [0.15, 0.2) is 11.6 Å². The molecule has 0 amide bonds. The summed E-state index contributed by atoms with van der Waals surface area (Å²) in [6, 6.07) is 15.5. The van der Waals surface area contributed by atoms with Crippen molar-refractivity contribution >= 4 is 34.6 Å². The summed E-state index contributed by atoms with van der Waals surface area (Å²) in [5.41, 5.74) is 6.73. The van der Waals surface area contributed by atoms with Crippen molar-refractivity contribution < 1.29 is 13.6 Å². The summed E-state index contributed by atoms with van der Waals surface area (Å²) in [6.45, 7) is 0. The third-order valence-corrected chi connectivity index (χ3v) is 3.45. The van der Waals surface area contributed by atoms with E-state index in [0.29, 0.717) is 16.4 Å². The highest BCUT2D eigenvalue weighted by Crippen LogP contribution is 2.15. The van der Waals surface area contributed by atoms with Gasteiger partial charge in [0.1, 0.15) is 5.82 Å². The van der Waals surface area contributed by atoms with Gasteiger partial charge in [-0.15, -0.1) is 0 Å². The number of nitrogens with zero attached hydrogens (tertiary/aromatic N) is 1. The Morgan fingerprint density at radius 3 is 2.40 bits per heavy atom. The molecule has 3 aromatic rings. The Morgan fingerprint density at radius 1 is 1.04 bits per heavy atom. The molecule has 126 valence electrons. The molecule has 0 unspecified atom stereocenters. The molecule has 1 heterocycles. The lowest BCUT2D eigenvalue weighted by molar-refractivity contribution is 0.103. The van der Waals surface area contributed by atoms with Gasteiger partial charge < -0.3 is 4.42 Å². The Hall–Kier alpha value is -3.12. The third kappa shape index (κ3) is 4.45. The maximum Gasteiger partial charge on any atom is 0.264 e. The van der Waals surface area contributed by atoms with Gasteiger partial charge in [-0.2, -0.15) is 0 Å². The number of nitrogens with one attached hydrogen (secondary N) is 2. The molecule has 0 aliphatic heterocycles. The molecule has 0 spiro atoms. The number of hydrazine groups is 1. The molecule has 0 saturated heterocycles. The van der Waals surface area contributed by atoms with Crippen molar-refractivity contribution in [3.63, 3.8) is 0 Å². The highest BCUT2D eigenvalue weighted by molar-refractivity contribution is 6.44. The Kier molecular flexibility index (Phi) is 5.11. The number of Topliss-reactive ketones (excluding diaryl/α,β-unsaturated/α-hetero) is 1. The molecule has 0 radical (unpaired) electrons. The lowest BCUT2D eigenvalue weighted by Crippen LogP contribution is -2.35. The number of furan rings is 1. The minimum atomic E-state index is -0.448. The maximum absolute atomic E-state index is 13.0. The SMILES string of the molecule is O=C(C(=Nc1ccc(F)cc1)NNc1ccc(Cl)cc1)c1ccco1. The quantitative estimate of drug-likeness (QED) is 0.303. The van der Waals surface area contributed by atoms with Gasteiger partial charge in [-0.05, 0) is 60.7 Å². The summed E-state index contributed by atoms with van der Waals surface area (Å²) in [6.07, 6.45) is 1.40. The van der Waals surface area contributed by atoms with Crippen molar-refractivity contribution in [1.29, 1.82) is 0 Å². The molecule has 7 heteroatoms. The average molecular weight is 358 g/mol. The van der Waals surface area contributed by atoms with Crippen molar-refractivity contribution in [1.82, 2.24) is 5.43 Å². The van der Waals surface area contributed by atoms with Gasteiger partial charge in [-0.3, -0.25) is 15.6 Å². The van der Waals surface area contributed by atoms with E-state index in [1.807, 2.05) is 0 Å². The topological polar surface area (TPSA) is 66.6 Å². The van der Waals surface area contributed by atoms with Crippen LogP contribution >= 0.6 is 11.6 Å². The molecule has 2 aromatic carbocycles. The number of anilines is 1. The zero-order valence-electron chi connectivity index (χ0n) is 12.9. The third-order valence-electron chi connectivity index (χ3n) is 3.20. The largest absolute Gasteiger partial charge is 0.461 e. The number of aliphatic imine (C=N–C) groups is 1. The van der Waals surface area contributed by atoms with E-state index in [-0.39, 0.29) is 17.4 Å². The van der Waals surface area contributed by atoms with Crippen LogP contribution in [-0.2, 0) is 0 Å². The normalized spacial score (nSPS) is 11.2. The highest BCUT2D eigenvalue weighted by atomic mass is 35.5. The second-order valence-electron chi connectivity index (χ2n) is 5.00. The molecule has 25 heavy (non-hydrogen) atoms. The second-order valence-corrected chi connectivity index (χ2v) is 5.44. The Balaban J connectivity index is 1.84. The van der Waals surface area contributed by atoms with Gasteiger partial charge in [-0.1, -0.05) is 11.6 Å². The molecule has 0 saturated carbocycles. The summed E-state index contributed by atoms with van der Waals surface area (Å²) in [4.78, 5) is 16.8. The fraction of sp³-hybridized carbons (Fsp3) is 0. The van der Waals surface area contributed by atoms with Gasteiger partial charge in [0.05, 0.1) is 17.6 Å². The Bertz CT molecular complexity index is 876. The molecule has 0 aliphatic carbocycles. The van der Waals surface area contributed by atoms with E-state index in [4.69, 9.17) is 16.0 Å². The first kappa shape index (κ1) is 16.7. The molecule has 0 atom stereocenters. The van der Waals surface area contributed by atoms with Gasteiger partial charge in [0.2, 0.25) is 0 Å². The van der Waals surface area contributed by atoms with E-state index in [1.54, 1.807) is 30.3 Å². The number of hydrogen-bond acceptors (Lipinski definition) is 4. The summed E-state index contributed by atoms with van der Waals surface area (Å²) in [7, 11) is 0. The summed E-state index contributed by atoms with van der Waals surface area (Å²) < 4.78 is 18.2. The molecule has 0 fully saturated rings. The van der Waals surface area contributed by atoms with E-state index in [1.165, 1.54) is 36.6 Å². The number of ketones is 1. The molecular weight excluding hydrogens is 345 g/mol. The van der Waals surface area contributed by atoms with Crippen LogP contribution in [0.15, 0.2) is 76.3 Å². The number of carbonyl (C=O) groups is 1. The van der Waals surface area contributed by atoms with Crippen LogP contribution in [0.5, 0.6) is 0 Å². The number of amidine groups is 1. The first-order valence-electron chi connectivity index (χ1n) is 7.32. The standard InChI is InChI=1S/C18H13ClFN3O2/c19-12-3-7-15(8-4-12)22-23-18(17(24)16-2-1-11-25-16)21-14-9-5-13(20)6-10-14/h1-11,22H,(H,21,23). The molecule has 0 bridgehead atoms. The number of halogens is 2. The van der Waals surface area contributed by atoms with Crippen LogP contribution in [0.4, 0.5) is 15.8 Å². The van der Waals surface area contributed by atoms with Gasteiger partial charge in [0.25, 0.3) is 5.78 Å². The number of hydrogen-bond donors (Lipinski definition) is 2. The zero-order valence-corrected chi connectivity index (χ0v) is 13.6. The molecular formula is C18H13ClFN3O2. The minimum Gasteiger partial charge on any atom is -0.461 e. The summed E-state index contributed by atoms with van der Waals surface area (Å²) in [5, 5.41) is 0.595. The van der Waals surface area contributed by atoms with E-state index in [2.05, 4.69) is 15.8 Å². The first-order valence-corrected chi connectivity index (χ1v) is 7.70. The van der Waals surface area contributed by atoms with E-state index >= 15 is 0 Å². The van der Waals surface area contributed by atoms with Gasteiger partial charge in [0, 0.05) is 5.02 Å². The van der Waals surface area contributed by atoms with Crippen LogP contribution in [0.3, 0.4) is 0 Å². The fourth-order valence-electron chi connectivity index (χ4n) is 1.97. The van der Waals surface area contributed by atoms with E-state index in [9.17, 15) is 9.18 Å². The molecule has 0 aliphatic rings. The fourth-order valence-corrected chi connectivity index (χ4v) is 2.10. The van der Waals surface area contributed by atoms with Crippen LogP contribution in [0.25, 0.3) is 0 Å². The number of benzene rings is 2. The lowest BCUT2D eigenvalue weighted by Gasteiger charge is -2.11. The van der Waals surface area contributed by atoms with Crippen molar-refractivity contribution in [3.8, 4) is 0 Å². The van der Waals surface area contributed by atoms with Crippen molar-refractivity contribution in [2.75, 3.05) is 5.43 Å². The Labute approximate surface area is 148 Å². The summed E-state index contributed by atoms with van der Waals surface area (Å²) >= 11 is 5.84. The van der Waals surface area contributed by atoms with E-state index < -0.39 is 5.78 Å². The lowest BCUT2D eigenvalue weighted by atomic mass is 10.2. The molecule has 5 nitrogen and oxygen atoms in total.